The molecule has 1 aromatic heterocycles. The fraction of sp³-hybridized carbons (Fsp3) is 0.711. The van der Waals surface area contributed by atoms with Crippen molar-refractivity contribution in [2.45, 2.75) is 78.0 Å². The summed E-state index contributed by atoms with van der Waals surface area (Å²) in [6, 6.07) is 7.07. The molecule has 0 unspecified atom stereocenters. The molecule has 286 valence electrons. The number of hydrogen-bond acceptors (Lipinski definition) is 10. The molecule has 2 saturated heterocycles. The zero-order valence-corrected chi connectivity index (χ0v) is 33.2. The number of rotatable bonds is 19. The van der Waals surface area contributed by atoms with Gasteiger partial charge in [0.05, 0.1) is 12.0 Å². The number of carbonyl (C=O) groups is 1. The Morgan fingerprint density at radius 1 is 0.882 bits per heavy atom. The molecule has 3 heterocycles. The lowest BCUT2D eigenvalue weighted by Crippen LogP contribution is -2.41. The third-order valence-corrected chi connectivity index (χ3v) is 13.0. The summed E-state index contributed by atoms with van der Waals surface area (Å²) >= 11 is 0. The van der Waals surface area contributed by atoms with Crippen LogP contribution in [0.3, 0.4) is 0 Å². The monoisotopic (exact) mass is 728 g/mol. The number of aryl methyl sites for hydroxylation is 2. The van der Waals surface area contributed by atoms with Gasteiger partial charge < -0.3 is 29.7 Å². The molecule has 2 aliphatic rings. The smallest absolute Gasteiger partial charge is 0.243 e. The molecule has 0 aliphatic carbocycles. The predicted octanol–water partition coefficient (Wildman–Crippen LogP) is 4.73. The summed E-state index contributed by atoms with van der Waals surface area (Å²) in [7, 11) is -0.741. The van der Waals surface area contributed by atoms with Crippen LogP contribution in [0.4, 0.5) is 11.6 Å². The quantitative estimate of drug-likeness (QED) is 0.218. The molecular formula is C38H64N8O4S. The van der Waals surface area contributed by atoms with E-state index in [9.17, 15) is 13.2 Å². The van der Waals surface area contributed by atoms with Crippen molar-refractivity contribution < 1.29 is 17.9 Å². The Kier molecular flexibility index (Phi) is 15.9. The van der Waals surface area contributed by atoms with E-state index in [4.69, 9.17) is 4.74 Å². The Morgan fingerprint density at radius 3 is 2.02 bits per heavy atom. The molecule has 12 nitrogen and oxygen atoms in total. The van der Waals surface area contributed by atoms with Gasteiger partial charge in [0.1, 0.15) is 5.75 Å². The first-order valence-electron chi connectivity index (χ1n) is 19.1. The van der Waals surface area contributed by atoms with Gasteiger partial charge in [0.25, 0.3) is 0 Å². The summed E-state index contributed by atoms with van der Waals surface area (Å²) in [6.45, 7) is 23.0. The van der Waals surface area contributed by atoms with Crippen LogP contribution in [0.1, 0.15) is 70.4 Å². The lowest BCUT2D eigenvalue weighted by atomic mass is 9.95. The van der Waals surface area contributed by atoms with Gasteiger partial charge in [-0.3, -0.25) is 4.79 Å². The average Bonchev–Trinajstić information content (AvgIpc) is 3.13. The van der Waals surface area contributed by atoms with Crippen LogP contribution in [0.5, 0.6) is 5.75 Å². The van der Waals surface area contributed by atoms with Crippen LogP contribution in [0.15, 0.2) is 29.2 Å². The number of likely N-dealkylation sites (tertiary alicyclic amines) is 1. The third kappa shape index (κ3) is 11.8. The summed E-state index contributed by atoms with van der Waals surface area (Å²) in [4.78, 5) is 23.1. The van der Waals surface area contributed by atoms with Gasteiger partial charge in [0.2, 0.25) is 15.9 Å². The molecule has 51 heavy (non-hydrogen) atoms. The Bertz CT molecular complexity index is 1450. The fourth-order valence-electron chi connectivity index (χ4n) is 7.58. The summed E-state index contributed by atoms with van der Waals surface area (Å²) in [5.74, 6) is 3.00. The van der Waals surface area contributed by atoms with E-state index in [2.05, 4.69) is 55.9 Å². The highest BCUT2D eigenvalue weighted by atomic mass is 32.2. The van der Waals surface area contributed by atoms with Crippen molar-refractivity contribution >= 4 is 27.6 Å². The number of anilines is 2. The summed E-state index contributed by atoms with van der Waals surface area (Å²) < 4.78 is 33.0. The molecule has 0 spiro atoms. The Labute approximate surface area is 307 Å². The lowest BCUT2D eigenvalue weighted by molar-refractivity contribution is -0.116. The summed E-state index contributed by atoms with van der Waals surface area (Å²) in [5, 5.41) is 11.4. The number of nitrogens with zero attached hydrogens (tertiary/aromatic N) is 7. The molecular weight excluding hydrogens is 665 g/mol. The van der Waals surface area contributed by atoms with E-state index in [1.165, 1.54) is 63.3 Å². The van der Waals surface area contributed by atoms with Crippen molar-refractivity contribution in [2.75, 3.05) is 103 Å². The van der Waals surface area contributed by atoms with Crippen molar-refractivity contribution in [3.05, 3.63) is 35.4 Å². The van der Waals surface area contributed by atoms with E-state index in [1.807, 2.05) is 6.07 Å². The van der Waals surface area contributed by atoms with Crippen molar-refractivity contribution in [1.29, 1.82) is 0 Å². The van der Waals surface area contributed by atoms with Crippen molar-refractivity contribution in [2.24, 2.45) is 11.8 Å². The largest absolute Gasteiger partial charge is 0.497 e. The molecule has 0 saturated carbocycles. The number of sulfonamides is 1. The number of aromatic nitrogens is 2. The summed E-state index contributed by atoms with van der Waals surface area (Å²) in [5.41, 5.74) is 1.20. The van der Waals surface area contributed by atoms with Crippen LogP contribution >= 0.6 is 0 Å². The van der Waals surface area contributed by atoms with Gasteiger partial charge in [-0.2, -0.15) is 0 Å². The number of nitrogens with one attached hydrogen (secondary N) is 1. The van der Waals surface area contributed by atoms with Crippen molar-refractivity contribution in [3.63, 3.8) is 0 Å². The molecule has 2 fully saturated rings. The second kappa shape index (κ2) is 19.8. The number of amides is 1. The SMILES string of the molecule is CCN(CC)CC1CCN(CCCN(CC)CC2CCN(c3ccc(NC(=O)CCN(C)S(=O)(=O)c4c(C)cc(OC)cc4C)nn3)CC2)CC1. The Hall–Kier alpha value is -2.84. The maximum Gasteiger partial charge on any atom is 0.243 e. The molecule has 13 heteroatoms. The zero-order valence-electron chi connectivity index (χ0n) is 32.4. The van der Waals surface area contributed by atoms with Gasteiger partial charge in [-0.1, -0.05) is 20.8 Å². The third-order valence-electron chi connectivity index (χ3n) is 10.9. The highest BCUT2D eigenvalue weighted by molar-refractivity contribution is 7.89. The standard InChI is InChI=1S/C38H64N8O4S/c1-8-43(9-2)28-32-14-22-45(23-15-32)20-11-19-44(10-3)29-33-16-24-46(25-17-33)36-13-12-35(40-41-36)39-37(47)18-21-42(6)51(48,49)38-30(4)26-34(50-7)27-31(38)5/h12-13,26-27,32-33H,8-11,14-25,28-29H2,1-7H3,(H,39,40,47). The molecule has 2 aliphatic heterocycles. The predicted molar refractivity (Wildman–Crippen MR) is 206 cm³/mol. The van der Waals surface area contributed by atoms with Crippen LogP contribution in [0, 0.1) is 25.7 Å². The topological polar surface area (TPSA) is 114 Å². The number of piperidine rings is 2. The van der Waals surface area contributed by atoms with Gasteiger partial charge >= 0.3 is 0 Å². The normalized spacial score (nSPS) is 16.8. The number of benzene rings is 1. The Balaban J connectivity index is 1.14. The number of hydrogen-bond donors (Lipinski definition) is 1. The maximum absolute atomic E-state index is 13.3. The minimum atomic E-state index is -3.78. The maximum atomic E-state index is 13.3. The molecule has 4 rings (SSSR count). The van der Waals surface area contributed by atoms with Gasteiger partial charge in [-0.25, -0.2) is 12.7 Å². The van der Waals surface area contributed by atoms with Gasteiger partial charge in [0, 0.05) is 46.2 Å². The number of carbonyl (C=O) groups excluding carboxylic acids is 1. The van der Waals surface area contributed by atoms with Crippen LogP contribution in [0.2, 0.25) is 0 Å². The van der Waals surface area contributed by atoms with Gasteiger partial charge in [0.15, 0.2) is 11.6 Å². The highest BCUT2D eigenvalue weighted by Crippen LogP contribution is 2.28. The first kappa shape index (κ1) is 40.9. The molecule has 0 atom stereocenters. The second-order valence-corrected chi connectivity index (χ2v) is 16.4. The molecule has 2 aromatic rings. The van der Waals surface area contributed by atoms with Crippen LogP contribution in [-0.4, -0.2) is 136 Å². The molecule has 0 bridgehead atoms. The molecule has 1 N–H and O–H groups in total. The second-order valence-electron chi connectivity index (χ2n) is 14.4. The lowest BCUT2D eigenvalue weighted by Gasteiger charge is -2.36. The Morgan fingerprint density at radius 2 is 1.47 bits per heavy atom. The number of ether oxygens (including phenoxy) is 1. The van der Waals surface area contributed by atoms with E-state index in [-0.39, 0.29) is 23.8 Å². The van der Waals surface area contributed by atoms with Crippen LogP contribution in [0.25, 0.3) is 0 Å². The average molecular weight is 729 g/mol. The first-order chi connectivity index (χ1) is 24.5. The zero-order chi connectivity index (χ0) is 37.0. The molecule has 1 aromatic carbocycles. The minimum Gasteiger partial charge on any atom is -0.497 e. The molecule has 0 radical (unpaired) electrons. The summed E-state index contributed by atoms with van der Waals surface area (Å²) in [6.07, 6.45) is 6.17. The first-order valence-corrected chi connectivity index (χ1v) is 20.6. The van der Waals surface area contributed by atoms with Crippen LogP contribution in [-0.2, 0) is 14.8 Å². The minimum absolute atomic E-state index is 0.00835. The molecule has 1 amide bonds. The van der Waals surface area contributed by atoms with E-state index < -0.39 is 10.0 Å². The van der Waals surface area contributed by atoms with Gasteiger partial charge in [-0.05, 0) is 139 Å². The van der Waals surface area contributed by atoms with E-state index in [1.54, 1.807) is 39.2 Å². The highest BCUT2D eigenvalue weighted by Gasteiger charge is 2.27. The van der Waals surface area contributed by atoms with Crippen LogP contribution < -0.4 is 15.0 Å². The van der Waals surface area contributed by atoms with Crippen molar-refractivity contribution in [1.82, 2.24) is 29.2 Å². The van der Waals surface area contributed by atoms with E-state index in [0.717, 1.165) is 63.8 Å². The van der Waals surface area contributed by atoms with E-state index >= 15 is 0 Å². The van der Waals surface area contributed by atoms with Gasteiger partial charge in [-0.15, -0.1) is 10.2 Å². The van der Waals surface area contributed by atoms with E-state index in [0.29, 0.717) is 28.6 Å². The number of methoxy groups -OCH3 is 1. The fourth-order valence-corrected chi connectivity index (χ4v) is 9.16. The van der Waals surface area contributed by atoms with Crippen molar-refractivity contribution in [3.8, 4) is 5.75 Å².